The highest BCUT2D eigenvalue weighted by molar-refractivity contribution is 5.77. The second-order valence-electron chi connectivity index (χ2n) is 3.43. The molecule has 0 aliphatic carbocycles. The van der Waals surface area contributed by atoms with Gasteiger partial charge in [0.2, 0.25) is 12.2 Å². The summed E-state index contributed by atoms with van der Waals surface area (Å²) in [4.78, 5) is 23.3. The highest BCUT2D eigenvalue weighted by Crippen LogP contribution is 2.07. The van der Waals surface area contributed by atoms with Crippen molar-refractivity contribution in [3.05, 3.63) is 35.9 Å². The molecular formula is C12H14NO2. The fourth-order valence-corrected chi connectivity index (χ4v) is 1.36. The van der Waals surface area contributed by atoms with Crippen LogP contribution in [0.5, 0.6) is 0 Å². The van der Waals surface area contributed by atoms with Crippen molar-refractivity contribution in [3.8, 4) is 0 Å². The fourth-order valence-electron chi connectivity index (χ4n) is 1.36. The Kier molecular flexibility index (Phi) is 4.03. The summed E-state index contributed by atoms with van der Waals surface area (Å²) in [6, 6.07) is 9.08. The average molecular weight is 204 g/mol. The van der Waals surface area contributed by atoms with E-state index in [1.165, 1.54) is 11.8 Å². The molecule has 1 aromatic carbocycles. The Bertz CT molecular complexity index is 335. The fraction of sp³-hybridized carbons (Fsp3) is 0.333. The van der Waals surface area contributed by atoms with E-state index in [4.69, 9.17) is 0 Å². The Hall–Kier alpha value is -1.64. The van der Waals surface area contributed by atoms with Crippen LogP contribution in [0, 0.1) is 0 Å². The lowest BCUT2D eigenvalue weighted by molar-refractivity contribution is -0.130. The molecule has 1 amide bonds. The lowest BCUT2D eigenvalue weighted by Crippen LogP contribution is -2.37. The molecule has 0 fully saturated rings. The zero-order valence-electron chi connectivity index (χ0n) is 8.93. The lowest BCUT2D eigenvalue weighted by Gasteiger charge is -2.23. The summed E-state index contributed by atoms with van der Waals surface area (Å²) in [6.07, 6.45) is 1.82. The third-order valence-electron chi connectivity index (χ3n) is 2.24. The van der Waals surface area contributed by atoms with Gasteiger partial charge in [-0.15, -0.1) is 0 Å². The van der Waals surface area contributed by atoms with Gasteiger partial charge in [-0.1, -0.05) is 30.3 Å². The number of carbonyl (C=O) groups is 1. The molecule has 1 aromatic rings. The van der Waals surface area contributed by atoms with Crippen molar-refractivity contribution in [2.24, 2.45) is 0 Å². The molecule has 15 heavy (non-hydrogen) atoms. The minimum Gasteiger partial charge on any atom is -0.328 e. The van der Waals surface area contributed by atoms with Gasteiger partial charge in [0.05, 0.1) is 6.04 Å². The minimum atomic E-state index is -0.497. The zero-order chi connectivity index (χ0) is 11.3. The molecule has 3 nitrogen and oxygen atoms in total. The summed E-state index contributed by atoms with van der Waals surface area (Å²) in [5, 5.41) is 0. The van der Waals surface area contributed by atoms with E-state index in [-0.39, 0.29) is 5.91 Å². The molecule has 0 aliphatic rings. The Morgan fingerprint density at radius 1 is 1.40 bits per heavy atom. The van der Waals surface area contributed by atoms with Crippen LogP contribution in [0.25, 0.3) is 0 Å². The van der Waals surface area contributed by atoms with Crippen LogP contribution < -0.4 is 0 Å². The molecule has 0 N–H and O–H groups in total. The first-order valence-electron chi connectivity index (χ1n) is 4.84. The van der Waals surface area contributed by atoms with Gasteiger partial charge in [0.1, 0.15) is 0 Å². The number of nitrogens with zero attached hydrogens (tertiary/aromatic N) is 1. The van der Waals surface area contributed by atoms with Crippen molar-refractivity contribution >= 4 is 12.2 Å². The maximum absolute atomic E-state index is 11.3. The van der Waals surface area contributed by atoms with Gasteiger partial charge in [-0.2, -0.15) is 0 Å². The predicted molar refractivity (Wildman–Crippen MR) is 57.8 cm³/mol. The molecule has 1 radical (unpaired) electrons. The van der Waals surface area contributed by atoms with Crippen LogP contribution in [0.4, 0.5) is 0 Å². The molecule has 0 bridgehead atoms. The summed E-state index contributed by atoms with van der Waals surface area (Å²) in [6.45, 7) is 3.57. The number of hydrogen-bond donors (Lipinski definition) is 0. The normalized spacial score (nSPS) is 11.9. The van der Waals surface area contributed by atoms with Crippen molar-refractivity contribution in [1.82, 2.24) is 4.90 Å². The zero-order valence-corrected chi connectivity index (χ0v) is 8.93. The standard InChI is InChI=1S/C12H14NO2/c1-10(9-14)13(11(2)15)8-12-6-4-3-5-7-12/h3-7,10H,8H2,1-2H3. The van der Waals surface area contributed by atoms with E-state index in [2.05, 4.69) is 0 Å². The van der Waals surface area contributed by atoms with E-state index < -0.39 is 6.04 Å². The minimum absolute atomic E-state index is 0.116. The maximum Gasteiger partial charge on any atom is 0.222 e. The van der Waals surface area contributed by atoms with E-state index in [9.17, 15) is 9.59 Å². The number of hydrogen-bond acceptors (Lipinski definition) is 2. The Morgan fingerprint density at radius 3 is 2.47 bits per heavy atom. The predicted octanol–water partition coefficient (Wildman–Crippen LogP) is 1.53. The lowest BCUT2D eigenvalue weighted by atomic mass is 10.2. The molecule has 0 spiro atoms. The topological polar surface area (TPSA) is 37.4 Å². The second-order valence-corrected chi connectivity index (χ2v) is 3.43. The van der Waals surface area contributed by atoms with E-state index in [1.807, 2.05) is 36.6 Å². The monoisotopic (exact) mass is 204 g/mol. The van der Waals surface area contributed by atoms with Crippen LogP contribution >= 0.6 is 0 Å². The van der Waals surface area contributed by atoms with Crippen molar-refractivity contribution in [2.45, 2.75) is 26.4 Å². The van der Waals surface area contributed by atoms with Crippen LogP contribution in [-0.2, 0) is 16.1 Å². The molecule has 3 heteroatoms. The smallest absolute Gasteiger partial charge is 0.222 e. The third kappa shape index (κ3) is 3.20. The van der Waals surface area contributed by atoms with Crippen molar-refractivity contribution in [3.63, 3.8) is 0 Å². The molecule has 0 heterocycles. The summed E-state index contributed by atoms with van der Waals surface area (Å²) < 4.78 is 0. The first kappa shape index (κ1) is 11.4. The maximum atomic E-state index is 11.3. The van der Waals surface area contributed by atoms with Crippen LogP contribution in [0.2, 0.25) is 0 Å². The van der Waals surface area contributed by atoms with Gasteiger partial charge in [0, 0.05) is 13.5 Å². The number of carbonyl (C=O) groups excluding carboxylic acids is 2. The molecule has 1 rings (SSSR count). The van der Waals surface area contributed by atoms with E-state index in [0.717, 1.165) is 5.56 Å². The largest absolute Gasteiger partial charge is 0.328 e. The Morgan fingerprint density at radius 2 is 2.00 bits per heavy atom. The molecule has 1 atom stereocenters. The van der Waals surface area contributed by atoms with Crippen LogP contribution in [0.1, 0.15) is 19.4 Å². The molecule has 0 aliphatic heterocycles. The van der Waals surface area contributed by atoms with Crippen LogP contribution in [-0.4, -0.2) is 23.1 Å². The highest BCUT2D eigenvalue weighted by atomic mass is 16.2. The van der Waals surface area contributed by atoms with E-state index in [0.29, 0.717) is 6.54 Å². The molecule has 0 saturated carbocycles. The quantitative estimate of drug-likeness (QED) is 0.746. The van der Waals surface area contributed by atoms with Gasteiger partial charge >= 0.3 is 0 Å². The van der Waals surface area contributed by atoms with Crippen LogP contribution in [0.15, 0.2) is 30.3 Å². The number of rotatable bonds is 4. The second kappa shape index (κ2) is 5.29. The van der Waals surface area contributed by atoms with E-state index in [1.54, 1.807) is 6.92 Å². The third-order valence-corrected chi connectivity index (χ3v) is 2.24. The van der Waals surface area contributed by atoms with Gasteiger partial charge < -0.3 is 4.90 Å². The summed E-state index contributed by atoms with van der Waals surface area (Å²) >= 11 is 0. The Labute approximate surface area is 89.7 Å². The number of benzene rings is 1. The molecule has 0 saturated heterocycles. The SMILES string of the molecule is CC(=O)N(Cc1ccccc1)C(C)[C]=O. The molecule has 1 unspecified atom stereocenters. The molecular weight excluding hydrogens is 190 g/mol. The van der Waals surface area contributed by atoms with Crippen LogP contribution in [0.3, 0.4) is 0 Å². The van der Waals surface area contributed by atoms with Gasteiger partial charge in [-0.3, -0.25) is 9.59 Å². The van der Waals surface area contributed by atoms with Crippen molar-refractivity contribution in [1.29, 1.82) is 0 Å². The van der Waals surface area contributed by atoms with Gasteiger partial charge in [0.15, 0.2) is 0 Å². The highest BCUT2D eigenvalue weighted by Gasteiger charge is 2.16. The van der Waals surface area contributed by atoms with E-state index >= 15 is 0 Å². The van der Waals surface area contributed by atoms with Crippen molar-refractivity contribution < 1.29 is 9.59 Å². The molecule has 79 valence electrons. The molecule has 0 aromatic heterocycles. The Balaban J connectivity index is 2.76. The summed E-state index contributed by atoms with van der Waals surface area (Å²) in [5.74, 6) is -0.116. The first-order chi connectivity index (χ1) is 7.15. The summed E-state index contributed by atoms with van der Waals surface area (Å²) in [7, 11) is 0. The summed E-state index contributed by atoms with van der Waals surface area (Å²) in [5.41, 5.74) is 1.01. The van der Waals surface area contributed by atoms with Gasteiger partial charge in [-0.05, 0) is 12.5 Å². The first-order valence-corrected chi connectivity index (χ1v) is 4.84. The van der Waals surface area contributed by atoms with Gasteiger partial charge in [0.25, 0.3) is 0 Å². The average Bonchev–Trinajstić information content (AvgIpc) is 2.26. The van der Waals surface area contributed by atoms with Crippen molar-refractivity contribution in [2.75, 3.05) is 0 Å². The van der Waals surface area contributed by atoms with Gasteiger partial charge in [-0.25, -0.2) is 0 Å². The number of amides is 1.